The van der Waals surface area contributed by atoms with Crippen molar-refractivity contribution in [3.05, 3.63) is 48.0 Å². The highest BCUT2D eigenvalue weighted by Crippen LogP contribution is 2.30. The smallest absolute Gasteiger partial charge is 0.0853 e. The van der Waals surface area contributed by atoms with Crippen LogP contribution in [0.2, 0.25) is 0 Å². The molecule has 2 nitrogen and oxygen atoms in total. The first kappa shape index (κ1) is 9.44. The van der Waals surface area contributed by atoms with E-state index < -0.39 is 12.2 Å². The fraction of sp³-hybridized carbons (Fsp3) is 0.333. The molecule has 1 aromatic rings. The van der Waals surface area contributed by atoms with Crippen molar-refractivity contribution in [1.29, 1.82) is 0 Å². The Morgan fingerprint density at radius 1 is 1.14 bits per heavy atom. The molecule has 0 saturated carbocycles. The van der Waals surface area contributed by atoms with E-state index in [9.17, 15) is 10.2 Å². The molecule has 1 aliphatic rings. The van der Waals surface area contributed by atoms with Crippen molar-refractivity contribution in [2.75, 3.05) is 0 Å². The van der Waals surface area contributed by atoms with E-state index in [4.69, 9.17) is 0 Å². The molecular formula is C12H14O2. The Morgan fingerprint density at radius 3 is 2.43 bits per heavy atom. The number of benzene rings is 1. The molecular weight excluding hydrogens is 176 g/mol. The van der Waals surface area contributed by atoms with Gasteiger partial charge in [0, 0.05) is 5.92 Å². The third kappa shape index (κ3) is 1.86. The Morgan fingerprint density at radius 2 is 1.86 bits per heavy atom. The summed E-state index contributed by atoms with van der Waals surface area (Å²) < 4.78 is 0. The van der Waals surface area contributed by atoms with Crippen molar-refractivity contribution in [2.45, 2.75) is 18.6 Å². The minimum Gasteiger partial charge on any atom is -0.389 e. The summed E-state index contributed by atoms with van der Waals surface area (Å²) in [7, 11) is 0. The molecule has 0 heterocycles. The molecule has 3 atom stereocenters. The monoisotopic (exact) mass is 190 g/mol. The lowest BCUT2D eigenvalue weighted by atomic mass is 9.95. The summed E-state index contributed by atoms with van der Waals surface area (Å²) in [5, 5.41) is 19.3. The lowest BCUT2D eigenvalue weighted by Crippen LogP contribution is -2.11. The van der Waals surface area contributed by atoms with Gasteiger partial charge in [0.1, 0.15) is 0 Å². The second-order valence-corrected chi connectivity index (χ2v) is 3.71. The zero-order valence-corrected chi connectivity index (χ0v) is 7.88. The van der Waals surface area contributed by atoms with E-state index >= 15 is 0 Å². The van der Waals surface area contributed by atoms with Crippen LogP contribution in [-0.2, 0) is 0 Å². The largest absolute Gasteiger partial charge is 0.389 e. The van der Waals surface area contributed by atoms with Crippen LogP contribution in [0, 0.1) is 5.92 Å². The molecule has 0 spiro atoms. The maximum Gasteiger partial charge on any atom is 0.0853 e. The molecule has 0 fully saturated rings. The molecule has 14 heavy (non-hydrogen) atoms. The van der Waals surface area contributed by atoms with Gasteiger partial charge in [-0.2, -0.15) is 0 Å². The minimum atomic E-state index is -0.496. The van der Waals surface area contributed by atoms with Gasteiger partial charge >= 0.3 is 0 Å². The van der Waals surface area contributed by atoms with Crippen LogP contribution in [0.3, 0.4) is 0 Å². The highest BCUT2D eigenvalue weighted by Gasteiger charge is 2.24. The van der Waals surface area contributed by atoms with E-state index in [1.54, 1.807) is 6.08 Å². The van der Waals surface area contributed by atoms with Gasteiger partial charge in [-0.1, -0.05) is 42.5 Å². The summed E-state index contributed by atoms with van der Waals surface area (Å²) in [6.07, 6.45) is 3.37. The van der Waals surface area contributed by atoms with Gasteiger partial charge in [0.25, 0.3) is 0 Å². The molecule has 0 unspecified atom stereocenters. The van der Waals surface area contributed by atoms with Crippen molar-refractivity contribution in [3.63, 3.8) is 0 Å². The van der Waals surface area contributed by atoms with E-state index in [2.05, 4.69) is 0 Å². The number of aliphatic hydroxyl groups is 2. The minimum absolute atomic E-state index is 0.0485. The number of aliphatic hydroxyl groups excluding tert-OH is 2. The fourth-order valence-electron chi connectivity index (χ4n) is 1.84. The molecule has 2 rings (SSSR count). The number of hydrogen-bond acceptors (Lipinski definition) is 2. The maximum absolute atomic E-state index is 9.98. The van der Waals surface area contributed by atoms with E-state index in [0.717, 1.165) is 5.56 Å². The summed E-state index contributed by atoms with van der Waals surface area (Å²) in [6, 6.07) is 9.56. The van der Waals surface area contributed by atoms with Crippen LogP contribution in [0.1, 0.15) is 18.1 Å². The zero-order chi connectivity index (χ0) is 9.97. The zero-order valence-electron chi connectivity index (χ0n) is 7.88. The van der Waals surface area contributed by atoms with Crippen molar-refractivity contribution >= 4 is 0 Å². The van der Waals surface area contributed by atoms with Crippen LogP contribution in [0.15, 0.2) is 42.5 Å². The van der Waals surface area contributed by atoms with Crippen molar-refractivity contribution in [1.82, 2.24) is 0 Å². The second kappa shape index (κ2) is 3.95. The van der Waals surface area contributed by atoms with E-state index in [1.165, 1.54) is 0 Å². The highest BCUT2D eigenvalue weighted by atomic mass is 16.3. The Hall–Kier alpha value is -1.12. The predicted octanol–water partition coefficient (Wildman–Crippen LogP) is 1.66. The normalized spacial score (nSPS) is 27.9. The van der Waals surface area contributed by atoms with Gasteiger partial charge < -0.3 is 10.2 Å². The van der Waals surface area contributed by atoms with E-state index in [-0.39, 0.29) is 5.92 Å². The van der Waals surface area contributed by atoms with Gasteiger partial charge in [0.05, 0.1) is 12.2 Å². The summed E-state index contributed by atoms with van der Waals surface area (Å²) in [5.74, 6) is 0.0485. The van der Waals surface area contributed by atoms with Crippen molar-refractivity contribution in [3.8, 4) is 0 Å². The van der Waals surface area contributed by atoms with Gasteiger partial charge in [-0.3, -0.25) is 0 Å². The van der Waals surface area contributed by atoms with Crippen LogP contribution in [-0.4, -0.2) is 16.3 Å². The average Bonchev–Trinajstić information content (AvgIpc) is 2.65. The van der Waals surface area contributed by atoms with Gasteiger partial charge in [0.2, 0.25) is 0 Å². The molecule has 0 bridgehead atoms. The number of hydrogen-bond donors (Lipinski definition) is 2. The van der Waals surface area contributed by atoms with Gasteiger partial charge in [-0.25, -0.2) is 0 Å². The molecule has 0 saturated heterocycles. The second-order valence-electron chi connectivity index (χ2n) is 3.71. The standard InChI is InChI=1S/C12H14O2/c13-11-7-6-10(8-11)12(14)9-4-2-1-3-5-9/h1-7,10-14H,8H2/t10-,11-,12-/m1/s1. The predicted molar refractivity (Wildman–Crippen MR) is 54.7 cm³/mol. The first-order chi connectivity index (χ1) is 6.77. The molecule has 0 aromatic heterocycles. The molecule has 1 aromatic carbocycles. The van der Waals surface area contributed by atoms with Gasteiger partial charge in [0.15, 0.2) is 0 Å². The topological polar surface area (TPSA) is 40.5 Å². The van der Waals surface area contributed by atoms with Crippen LogP contribution >= 0.6 is 0 Å². The fourth-order valence-corrected chi connectivity index (χ4v) is 1.84. The summed E-state index contributed by atoms with van der Waals surface area (Å²) in [5.41, 5.74) is 0.913. The Balaban J connectivity index is 2.10. The first-order valence-corrected chi connectivity index (χ1v) is 4.87. The summed E-state index contributed by atoms with van der Waals surface area (Å²) in [6.45, 7) is 0. The van der Waals surface area contributed by atoms with Crippen molar-refractivity contribution in [2.24, 2.45) is 5.92 Å². The molecule has 2 heteroatoms. The third-order valence-electron chi connectivity index (χ3n) is 2.64. The summed E-state index contributed by atoms with van der Waals surface area (Å²) >= 11 is 0. The van der Waals surface area contributed by atoms with Crippen LogP contribution in [0.4, 0.5) is 0 Å². The Bertz CT molecular complexity index is 318. The molecule has 0 aliphatic heterocycles. The van der Waals surface area contributed by atoms with Crippen molar-refractivity contribution < 1.29 is 10.2 Å². The van der Waals surface area contributed by atoms with Crippen LogP contribution in [0.5, 0.6) is 0 Å². The van der Waals surface area contributed by atoms with Crippen LogP contribution in [0.25, 0.3) is 0 Å². The maximum atomic E-state index is 9.98. The average molecular weight is 190 g/mol. The lowest BCUT2D eigenvalue weighted by Gasteiger charge is -2.17. The van der Waals surface area contributed by atoms with E-state index in [0.29, 0.717) is 6.42 Å². The number of rotatable bonds is 2. The Labute approximate surface area is 83.5 Å². The Kier molecular flexibility index (Phi) is 2.66. The quantitative estimate of drug-likeness (QED) is 0.696. The first-order valence-electron chi connectivity index (χ1n) is 4.87. The molecule has 1 aliphatic carbocycles. The summed E-state index contributed by atoms with van der Waals surface area (Å²) in [4.78, 5) is 0. The third-order valence-corrected chi connectivity index (χ3v) is 2.64. The molecule has 2 N–H and O–H groups in total. The molecule has 0 radical (unpaired) electrons. The van der Waals surface area contributed by atoms with Gasteiger partial charge in [-0.05, 0) is 12.0 Å². The molecule has 0 amide bonds. The highest BCUT2D eigenvalue weighted by molar-refractivity contribution is 5.20. The lowest BCUT2D eigenvalue weighted by molar-refractivity contribution is 0.108. The van der Waals surface area contributed by atoms with Gasteiger partial charge in [-0.15, -0.1) is 0 Å². The van der Waals surface area contributed by atoms with E-state index in [1.807, 2.05) is 36.4 Å². The van der Waals surface area contributed by atoms with Crippen LogP contribution < -0.4 is 0 Å². The molecule has 74 valence electrons. The SMILES string of the molecule is O[C@@H]1C=C[C@@H]([C@H](O)c2ccccc2)C1.